The first-order valence-electron chi connectivity index (χ1n) is 8.14. The maximum absolute atomic E-state index is 12.6. The first-order chi connectivity index (χ1) is 12.8. The Bertz CT molecular complexity index is 794. The van der Waals surface area contributed by atoms with Gasteiger partial charge in [0.05, 0.1) is 18.2 Å². The van der Waals surface area contributed by atoms with Crippen LogP contribution in [0.5, 0.6) is 0 Å². The molecule has 6 nitrogen and oxygen atoms in total. The number of amides is 1. The van der Waals surface area contributed by atoms with Gasteiger partial charge >= 0.3 is 6.18 Å². The molecule has 27 heavy (non-hydrogen) atoms. The molecule has 0 spiro atoms. The van der Waals surface area contributed by atoms with Crippen molar-refractivity contribution in [2.45, 2.75) is 30.8 Å². The smallest absolute Gasteiger partial charge is 0.394 e. The number of aromatic nitrogens is 1. The van der Waals surface area contributed by atoms with Gasteiger partial charge in [-0.25, -0.2) is 4.98 Å². The molecule has 2 heterocycles. The Morgan fingerprint density at radius 3 is 2.67 bits per heavy atom. The fraction of sp³-hybridized carbons (Fsp3) is 0.412. The quantitative estimate of drug-likeness (QED) is 0.728. The maximum atomic E-state index is 12.6. The Hall–Kier alpha value is -2.01. The fourth-order valence-corrected chi connectivity index (χ4v) is 3.55. The average molecular weight is 402 g/mol. The molecule has 1 aromatic carbocycles. The maximum Gasteiger partial charge on any atom is 0.416 e. The van der Waals surface area contributed by atoms with Crippen molar-refractivity contribution in [1.29, 1.82) is 0 Å². The molecule has 1 aliphatic rings. The second kappa shape index (κ2) is 7.93. The second-order valence-electron chi connectivity index (χ2n) is 6.06. The van der Waals surface area contributed by atoms with Gasteiger partial charge in [0.15, 0.2) is 0 Å². The summed E-state index contributed by atoms with van der Waals surface area (Å²) in [6.45, 7) is -0.0661. The van der Waals surface area contributed by atoms with E-state index in [4.69, 9.17) is 9.84 Å². The van der Waals surface area contributed by atoms with E-state index >= 15 is 0 Å². The number of nitrogens with one attached hydrogen (secondary N) is 1. The van der Waals surface area contributed by atoms with E-state index in [9.17, 15) is 23.1 Å². The van der Waals surface area contributed by atoms with Gasteiger partial charge in [0, 0.05) is 17.6 Å². The van der Waals surface area contributed by atoms with Crippen molar-refractivity contribution in [3.63, 3.8) is 0 Å². The van der Waals surface area contributed by atoms with Gasteiger partial charge in [-0.15, -0.1) is 11.3 Å². The third-order valence-electron chi connectivity index (χ3n) is 4.25. The van der Waals surface area contributed by atoms with Gasteiger partial charge in [-0.05, 0) is 18.6 Å². The Balaban J connectivity index is 1.69. The molecule has 0 radical (unpaired) electrons. The highest BCUT2D eigenvalue weighted by molar-refractivity contribution is 7.13. The summed E-state index contributed by atoms with van der Waals surface area (Å²) in [6, 6.07) is 3.95. The summed E-state index contributed by atoms with van der Waals surface area (Å²) in [4.78, 5) is 16.5. The number of rotatable bonds is 4. The number of carbonyl (C=O) groups is 1. The lowest BCUT2D eigenvalue weighted by Gasteiger charge is -2.34. The number of hydrogen-bond donors (Lipinski definition) is 3. The van der Waals surface area contributed by atoms with E-state index < -0.39 is 35.9 Å². The van der Waals surface area contributed by atoms with E-state index in [2.05, 4.69) is 10.3 Å². The minimum Gasteiger partial charge on any atom is -0.394 e. The average Bonchev–Trinajstić information content (AvgIpc) is 3.13. The zero-order valence-corrected chi connectivity index (χ0v) is 14.8. The van der Waals surface area contributed by atoms with Crippen molar-refractivity contribution in [3.8, 4) is 10.6 Å². The predicted molar refractivity (Wildman–Crippen MR) is 91.3 cm³/mol. The molecule has 2 aromatic rings. The molecular formula is C17H17F3N2O4S. The van der Waals surface area contributed by atoms with E-state index in [1.54, 1.807) is 0 Å². The molecule has 1 amide bonds. The van der Waals surface area contributed by atoms with E-state index in [-0.39, 0.29) is 12.3 Å². The van der Waals surface area contributed by atoms with Crippen molar-refractivity contribution in [1.82, 2.24) is 10.3 Å². The minimum atomic E-state index is -4.41. The topological polar surface area (TPSA) is 91.7 Å². The number of aliphatic hydroxyl groups excluding tert-OH is 2. The molecule has 3 rings (SSSR count). The van der Waals surface area contributed by atoms with Crippen molar-refractivity contribution in [3.05, 3.63) is 40.9 Å². The van der Waals surface area contributed by atoms with E-state index in [0.717, 1.165) is 23.5 Å². The van der Waals surface area contributed by atoms with Gasteiger partial charge in [0.1, 0.15) is 22.9 Å². The molecule has 0 bridgehead atoms. The molecule has 10 heteroatoms. The van der Waals surface area contributed by atoms with Gasteiger partial charge in [0.2, 0.25) is 0 Å². The predicted octanol–water partition coefficient (Wildman–Crippen LogP) is 2.07. The number of alkyl halides is 3. The largest absolute Gasteiger partial charge is 0.416 e. The highest BCUT2D eigenvalue weighted by Crippen LogP contribution is 2.31. The monoisotopic (exact) mass is 402 g/mol. The van der Waals surface area contributed by atoms with Crippen molar-refractivity contribution >= 4 is 17.2 Å². The Kier molecular flexibility index (Phi) is 5.80. The van der Waals surface area contributed by atoms with Crippen LogP contribution in [0.2, 0.25) is 0 Å². The molecule has 1 aliphatic heterocycles. The summed E-state index contributed by atoms with van der Waals surface area (Å²) >= 11 is 1.13. The number of hydrogen-bond acceptors (Lipinski definition) is 6. The Morgan fingerprint density at radius 1 is 1.33 bits per heavy atom. The molecule has 3 N–H and O–H groups in total. The van der Waals surface area contributed by atoms with Gasteiger partial charge in [-0.3, -0.25) is 4.79 Å². The summed E-state index contributed by atoms with van der Waals surface area (Å²) in [6.07, 6.45) is -5.83. The summed E-state index contributed by atoms with van der Waals surface area (Å²) in [5, 5.41) is 23.8. The van der Waals surface area contributed by atoms with Crippen LogP contribution < -0.4 is 5.32 Å². The molecule has 0 aliphatic carbocycles. The lowest BCUT2D eigenvalue weighted by molar-refractivity contribution is -0.137. The van der Waals surface area contributed by atoms with Crippen molar-refractivity contribution in [2.24, 2.45) is 0 Å². The van der Waals surface area contributed by atoms with Crippen LogP contribution >= 0.6 is 11.3 Å². The molecule has 146 valence electrons. The number of nitrogens with zero attached hydrogens (tertiary/aromatic N) is 1. The van der Waals surface area contributed by atoms with Crippen LogP contribution in [0.25, 0.3) is 10.6 Å². The zero-order chi connectivity index (χ0) is 19.6. The number of thiazole rings is 1. The van der Waals surface area contributed by atoms with Gasteiger partial charge in [0.25, 0.3) is 5.91 Å². The lowest BCUT2D eigenvalue weighted by atomic mass is 10.00. The van der Waals surface area contributed by atoms with Gasteiger partial charge in [-0.2, -0.15) is 13.2 Å². The van der Waals surface area contributed by atoms with Gasteiger partial charge < -0.3 is 20.3 Å². The lowest BCUT2D eigenvalue weighted by Crippen LogP contribution is -2.54. The zero-order valence-electron chi connectivity index (χ0n) is 13.9. The van der Waals surface area contributed by atoms with Crippen LogP contribution in [0, 0.1) is 0 Å². The first kappa shape index (κ1) is 19.7. The minimum absolute atomic E-state index is 0.106. The normalized spacial score (nSPS) is 23.2. The number of halogens is 3. The number of carbonyl (C=O) groups excluding carboxylic acids is 1. The Morgan fingerprint density at radius 2 is 2.04 bits per heavy atom. The summed E-state index contributed by atoms with van der Waals surface area (Å²) in [5.41, 5.74) is -0.180. The molecule has 0 saturated carbocycles. The van der Waals surface area contributed by atoms with Crippen LogP contribution in [0.1, 0.15) is 22.5 Å². The highest BCUT2D eigenvalue weighted by Gasteiger charge is 2.34. The van der Waals surface area contributed by atoms with Crippen molar-refractivity contribution in [2.75, 3.05) is 13.2 Å². The molecule has 3 atom stereocenters. The molecular weight excluding hydrogens is 385 g/mol. The third-order valence-corrected chi connectivity index (χ3v) is 5.14. The fourth-order valence-electron chi connectivity index (χ4n) is 2.75. The van der Waals surface area contributed by atoms with Crippen LogP contribution in [0.4, 0.5) is 13.2 Å². The van der Waals surface area contributed by atoms with Crippen LogP contribution in [0.15, 0.2) is 29.6 Å². The Labute approximate surface area is 156 Å². The third kappa shape index (κ3) is 4.46. The van der Waals surface area contributed by atoms with E-state index in [1.165, 1.54) is 17.5 Å². The van der Waals surface area contributed by atoms with E-state index in [0.29, 0.717) is 23.6 Å². The number of benzene rings is 1. The molecule has 1 saturated heterocycles. The standard InChI is InChI=1S/C17H17F3N2O4S/c18-17(19,20)10-3-1-9(2-4-10)16-22-12(8-27-16)15(25)21-11-5-6-26-13(7-23)14(11)24/h1-4,8,11,13-14,23-24H,5-7H2,(H,21,25)/t11-,13+,14-/m0/s1. The molecule has 0 unspecified atom stereocenters. The van der Waals surface area contributed by atoms with E-state index in [1.807, 2.05) is 0 Å². The molecule has 1 aromatic heterocycles. The summed E-state index contributed by atoms with van der Waals surface area (Å²) in [7, 11) is 0. The number of ether oxygens (including phenoxy) is 1. The summed E-state index contributed by atoms with van der Waals surface area (Å²) in [5.74, 6) is -0.507. The SMILES string of the molecule is O=C(N[C@H]1CCO[C@H](CO)[C@H]1O)c1csc(-c2ccc(C(F)(F)F)cc2)n1. The molecule has 1 fully saturated rings. The second-order valence-corrected chi connectivity index (χ2v) is 6.92. The number of aliphatic hydroxyl groups is 2. The highest BCUT2D eigenvalue weighted by atomic mass is 32.1. The van der Waals surface area contributed by atoms with Gasteiger partial charge in [-0.1, -0.05) is 12.1 Å². The van der Waals surface area contributed by atoms with Crippen LogP contribution in [0.3, 0.4) is 0 Å². The van der Waals surface area contributed by atoms with Crippen LogP contribution in [-0.2, 0) is 10.9 Å². The van der Waals surface area contributed by atoms with Crippen LogP contribution in [-0.4, -0.2) is 52.6 Å². The first-order valence-corrected chi connectivity index (χ1v) is 9.02. The van der Waals surface area contributed by atoms with Crippen molar-refractivity contribution < 1.29 is 32.9 Å². The summed E-state index contributed by atoms with van der Waals surface area (Å²) < 4.78 is 43.1.